The Kier molecular flexibility index (Phi) is 6.09. The summed E-state index contributed by atoms with van der Waals surface area (Å²) < 4.78 is 1.07. The highest BCUT2D eigenvalue weighted by Gasteiger charge is 2.20. The molecule has 1 amide bonds. The zero-order chi connectivity index (χ0) is 22.7. The van der Waals surface area contributed by atoms with Crippen LogP contribution in [0.15, 0.2) is 72.8 Å². The summed E-state index contributed by atoms with van der Waals surface area (Å²) in [5.41, 5.74) is 4.83. The van der Waals surface area contributed by atoms with Crippen LogP contribution in [0, 0.1) is 24.0 Å². The van der Waals surface area contributed by atoms with Crippen LogP contribution >= 0.6 is 11.3 Å². The lowest BCUT2D eigenvalue weighted by atomic mass is 10.1. The topological polar surface area (TPSA) is 76.3 Å². The van der Waals surface area contributed by atoms with Gasteiger partial charge in [0.25, 0.3) is 11.6 Å². The quantitative estimate of drug-likeness (QED) is 0.206. The van der Waals surface area contributed by atoms with Gasteiger partial charge in [-0.05, 0) is 54.3 Å². The maximum Gasteiger partial charge on any atom is 0.269 e. The molecule has 0 spiro atoms. The third-order valence-electron chi connectivity index (χ3n) is 5.13. The lowest BCUT2D eigenvalue weighted by Gasteiger charge is -2.18. The van der Waals surface area contributed by atoms with E-state index in [4.69, 9.17) is 4.98 Å². The van der Waals surface area contributed by atoms with Gasteiger partial charge >= 0.3 is 0 Å². The van der Waals surface area contributed by atoms with Crippen molar-refractivity contribution in [2.24, 2.45) is 0 Å². The number of hydrogen-bond acceptors (Lipinski definition) is 5. The van der Waals surface area contributed by atoms with Gasteiger partial charge in [0.2, 0.25) is 0 Å². The number of anilines is 1. The summed E-state index contributed by atoms with van der Waals surface area (Å²) >= 11 is 1.51. The first kappa shape index (κ1) is 21.4. The maximum absolute atomic E-state index is 13.2. The average molecular weight is 444 g/mol. The molecule has 3 aromatic carbocycles. The highest BCUT2D eigenvalue weighted by molar-refractivity contribution is 7.22. The number of nitrogens with zero attached hydrogens (tertiary/aromatic N) is 3. The SMILES string of the molecule is Cc1ccc(C)c2sc(N(Cc3ccccc3)C(=O)/C=C/c3ccc([N+](=O)[O-])cc3)nc12. The van der Waals surface area contributed by atoms with Crippen LogP contribution in [0.4, 0.5) is 10.8 Å². The van der Waals surface area contributed by atoms with Crippen molar-refractivity contribution in [1.82, 2.24) is 4.98 Å². The Morgan fingerprint density at radius 1 is 1.03 bits per heavy atom. The summed E-state index contributed by atoms with van der Waals surface area (Å²) in [4.78, 5) is 30.1. The smallest absolute Gasteiger partial charge is 0.269 e. The largest absolute Gasteiger partial charge is 0.280 e. The maximum atomic E-state index is 13.2. The number of benzene rings is 3. The molecule has 4 aromatic rings. The average Bonchev–Trinajstić information content (AvgIpc) is 3.26. The number of carbonyl (C=O) groups excluding carboxylic acids is 1. The van der Waals surface area contributed by atoms with Crippen LogP contribution in [0.25, 0.3) is 16.3 Å². The van der Waals surface area contributed by atoms with Gasteiger partial charge in [-0.2, -0.15) is 0 Å². The molecule has 0 saturated heterocycles. The second kappa shape index (κ2) is 9.11. The minimum atomic E-state index is -0.447. The lowest BCUT2D eigenvalue weighted by molar-refractivity contribution is -0.384. The second-order valence-corrected chi connectivity index (χ2v) is 8.44. The van der Waals surface area contributed by atoms with Gasteiger partial charge in [0.05, 0.1) is 21.7 Å². The zero-order valence-corrected chi connectivity index (χ0v) is 18.5. The van der Waals surface area contributed by atoms with Crippen LogP contribution in [0.3, 0.4) is 0 Å². The molecule has 4 rings (SSSR count). The van der Waals surface area contributed by atoms with Crippen molar-refractivity contribution in [3.05, 3.63) is 105 Å². The number of nitro benzene ring substituents is 1. The number of nitro groups is 1. The zero-order valence-electron chi connectivity index (χ0n) is 17.7. The summed E-state index contributed by atoms with van der Waals surface area (Å²) in [6.07, 6.45) is 3.14. The predicted molar refractivity (Wildman–Crippen MR) is 129 cm³/mol. The molecule has 0 radical (unpaired) electrons. The normalized spacial score (nSPS) is 11.2. The van der Waals surface area contributed by atoms with E-state index in [1.165, 1.54) is 29.5 Å². The summed E-state index contributed by atoms with van der Waals surface area (Å²) in [6, 6.07) is 20.0. The fourth-order valence-electron chi connectivity index (χ4n) is 3.33. The first-order valence-corrected chi connectivity index (χ1v) is 10.9. The molecule has 32 heavy (non-hydrogen) atoms. The molecular formula is C25H21N3O3S. The number of aryl methyl sites for hydroxylation is 2. The van der Waals surface area contributed by atoms with E-state index in [2.05, 4.69) is 6.07 Å². The molecule has 0 saturated carbocycles. The fourth-order valence-corrected chi connectivity index (χ4v) is 4.45. The molecule has 160 valence electrons. The van der Waals surface area contributed by atoms with Crippen molar-refractivity contribution in [2.75, 3.05) is 4.90 Å². The van der Waals surface area contributed by atoms with Gasteiger partial charge in [-0.3, -0.25) is 19.8 Å². The van der Waals surface area contributed by atoms with Crippen LogP contribution in [-0.2, 0) is 11.3 Å². The first-order valence-electron chi connectivity index (χ1n) is 10.1. The monoisotopic (exact) mass is 443 g/mol. The Balaban J connectivity index is 1.67. The Morgan fingerprint density at radius 3 is 2.38 bits per heavy atom. The summed E-state index contributed by atoms with van der Waals surface area (Å²) in [6.45, 7) is 4.45. The molecule has 0 aliphatic rings. The third-order valence-corrected chi connectivity index (χ3v) is 6.35. The molecule has 0 bridgehead atoms. The Labute approximate surface area is 189 Å². The van der Waals surface area contributed by atoms with Crippen LogP contribution in [-0.4, -0.2) is 15.8 Å². The molecule has 0 N–H and O–H groups in total. The van der Waals surface area contributed by atoms with Crippen LogP contribution in [0.1, 0.15) is 22.3 Å². The predicted octanol–water partition coefficient (Wildman–Crippen LogP) is 6.07. The first-order chi connectivity index (χ1) is 15.4. The van der Waals surface area contributed by atoms with E-state index in [1.807, 2.05) is 50.2 Å². The lowest BCUT2D eigenvalue weighted by Crippen LogP contribution is -2.28. The Hall–Kier alpha value is -3.84. The summed E-state index contributed by atoms with van der Waals surface area (Å²) in [5, 5.41) is 11.5. The number of aromatic nitrogens is 1. The molecule has 0 aliphatic heterocycles. The van der Waals surface area contributed by atoms with Crippen molar-refractivity contribution >= 4 is 44.4 Å². The third kappa shape index (κ3) is 4.58. The van der Waals surface area contributed by atoms with Crippen molar-refractivity contribution in [2.45, 2.75) is 20.4 Å². The van der Waals surface area contributed by atoms with Crippen LogP contribution < -0.4 is 4.90 Å². The number of thiazole rings is 1. The Bertz CT molecular complexity index is 1270. The molecule has 0 fully saturated rings. The van der Waals surface area contributed by atoms with E-state index in [-0.39, 0.29) is 11.6 Å². The van der Waals surface area contributed by atoms with Crippen molar-refractivity contribution in [3.8, 4) is 0 Å². The van der Waals surface area contributed by atoms with Gasteiger partial charge in [-0.1, -0.05) is 53.8 Å². The minimum Gasteiger partial charge on any atom is -0.280 e. The Morgan fingerprint density at radius 2 is 1.72 bits per heavy atom. The van der Waals surface area contributed by atoms with E-state index in [9.17, 15) is 14.9 Å². The molecule has 1 heterocycles. The molecule has 0 unspecified atom stereocenters. The molecule has 1 aromatic heterocycles. The molecule has 7 heteroatoms. The fraction of sp³-hybridized carbons (Fsp3) is 0.120. The van der Waals surface area contributed by atoms with Gasteiger partial charge in [-0.25, -0.2) is 4.98 Å². The molecule has 0 aliphatic carbocycles. The number of fused-ring (bicyclic) bond motifs is 1. The number of non-ortho nitro benzene ring substituents is 1. The van der Waals surface area contributed by atoms with E-state index in [0.29, 0.717) is 17.2 Å². The van der Waals surface area contributed by atoms with E-state index in [1.54, 1.807) is 23.1 Å². The van der Waals surface area contributed by atoms with Crippen LogP contribution in [0.2, 0.25) is 0 Å². The van der Waals surface area contributed by atoms with E-state index >= 15 is 0 Å². The van der Waals surface area contributed by atoms with Crippen LogP contribution in [0.5, 0.6) is 0 Å². The number of hydrogen-bond donors (Lipinski definition) is 0. The summed E-state index contributed by atoms with van der Waals surface area (Å²) in [5.74, 6) is -0.207. The van der Waals surface area contributed by atoms with Gasteiger partial charge < -0.3 is 0 Å². The highest BCUT2D eigenvalue weighted by Crippen LogP contribution is 2.34. The van der Waals surface area contributed by atoms with Crippen molar-refractivity contribution in [1.29, 1.82) is 0 Å². The van der Waals surface area contributed by atoms with Gasteiger partial charge in [0.15, 0.2) is 5.13 Å². The van der Waals surface area contributed by atoms with Gasteiger partial charge in [0, 0.05) is 18.2 Å². The minimum absolute atomic E-state index is 0.0133. The second-order valence-electron chi connectivity index (χ2n) is 7.47. The summed E-state index contributed by atoms with van der Waals surface area (Å²) in [7, 11) is 0. The van der Waals surface area contributed by atoms with Gasteiger partial charge in [0.1, 0.15) is 0 Å². The number of carbonyl (C=O) groups is 1. The molecule has 6 nitrogen and oxygen atoms in total. The van der Waals surface area contributed by atoms with Crippen molar-refractivity contribution in [3.63, 3.8) is 0 Å². The van der Waals surface area contributed by atoms with E-state index < -0.39 is 4.92 Å². The standard InChI is InChI=1S/C25H21N3O3S/c1-17-8-9-18(2)24-23(17)26-25(32-24)27(16-20-6-4-3-5-7-20)22(29)15-12-19-10-13-21(14-11-19)28(30)31/h3-15H,16H2,1-2H3/b15-12+. The van der Waals surface area contributed by atoms with Gasteiger partial charge in [-0.15, -0.1) is 0 Å². The van der Waals surface area contributed by atoms with Crippen molar-refractivity contribution < 1.29 is 9.72 Å². The number of rotatable bonds is 6. The number of amides is 1. The highest BCUT2D eigenvalue weighted by atomic mass is 32.1. The van der Waals surface area contributed by atoms with E-state index in [0.717, 1.165) is 26.9 Å². The molecule has 0 atom stereocenters. The molecular weight excluding hydrogens is 422 g/mol.